The van der Waals surface area contributed by atoms with Gasteiger partial charge in [-0.3, -0.25) is 9.78 Å². The second-order valence-electron chi connectivity index (χ2n) is 7.55. The Balaban J connectivity index is 1.85. The van der Waals surface area contributed by atoms with Crippen LogP contribution in [0.5, 0.6) is 0 Å². The SMILES string of the molecule is CC1CC(C)CN(C(=O)c2cncc(CS(=O)(=O)c3c(Cl)cccc3Cl)c2)C1. The molecule has 1 aromatic heterocycles. The lowest BCUT2D eigenvalue weighted by atomic mass is 9.91. The highest BCUT2D eigenvalue weighted by Crippen LogP contribution is 2.31. The molecule has 5 nitrogen and oxygen atoms in total. The summed E-state index contributed by atoms with van der Waals surface area (Å²) in [5.41, 5.74) is 0.805. The van der Waals surface area contributed by atoms with Crippen molar-refractivity contribution in [3.63, 3.8) is 0 Å². The number of pyridine rings is 1. The van der Waals surface area contributed by atoms with Crippen LogP contribution in [0.2, 0.25) is 10.0 Å². The largest absolute Gasteiger partial charge is 0.338 e. The maximum atomic E-state index is 12.9. The second-order valence-corrected chi connectivity index (χ2v) is 10.3. The Morgan fingerprint density at radius 2 is 1.75 bits per heavy atom. The molecule has 0 radical (unpaired) electrons. The van der Waals surface area contributed by atoms with Crippen LogP contribution in [0, 0.1) is 11.8 Å². The van der Waals surface area contributed by atoms with Crippen LogP contribution in [-0.4, -0.2) is 37.3 Å². The first kappa shape index (κ1) is 21.1. The standard InChI is InChI=1S/C20H22Cl2N2O3S/c1-13-6-14(2)11-24(10-13)20(25)16-7-15(8-23-9-16)12-28(26,27)19-17(21)4-3-5-18(19)22/h3-5,7-9,13-14H,6,10-12H2,1-2H3. The summed E-state index contributed by atoms with van der Waals surface area (Å²) < 4.78 is 25.6. The summed E-state index contributed by atoms with van der Waals surface area (Å²) in [5, 5.41) is 0.146. The fourth-order valence-electron chi connectivity index (χ4n) is 3.77. The van der Waals surface area contributed by atoms with E-state index in [1.807, 2.05) is 4.90 Å². The van der Waals surface area contributed by atoms with Gasteiger partial charge in [-0.25, -0.2) is 8.42 Å². The quantitative estimate of drug-likeness (QED) is 0.702. The number of amides is 1. The van der Waals surface area contributed by atoms with Crippen molar-refractivity contribution < 1.29 is 13.2 Å². The Hall–Kier alpha value is -1.63. The highest BCUT2D eigenvalue weighted by molar-refractivity contribution is 7.90. The fourth-order valence-corrected chi connectivity index (χ4v) is 6.34. The second kappa shape index (κ2) is 8.39. The molecular formula is C20H22Cl2N2O3S. The summed E-state index contributed by atoms with van der Waals surface area (Å²) in [6.07, 6.45) is 4.02. The van der Waals surface area contributed by atoms with Gasteiger partial charge >= 0.3 is 0 Å². The molecule has 2 heterocycles. The molecule has 1 amide bonds. The van der Waals surface area contributed by atoms with E-state index in [0.717, 1.165) is 6.42 Å². The molecule has 0 saturated carbocycles. The molecule has 0 N–H and O–H groups in total. The first-order valence-electron chi connectivity index (χ1n) is 9.07. The average molecular weight is 441 g/mol. The first-order valence-corrected chi connectivity index (χ1v) is 11.5. The molecule has 1 aliphatic heterocycles. The zero-order valence-corrected chi connectivity index (χ0v) is 18.1. The number of benzene rings is 1. The van der Waals surface area contributed by atoms with E-state index in [1.165, 1.54) is 24.5 Å². The first-order chi connectivity index (χ1) is 13.2. The van der Waals surface area contributed by atoms with E-state index >= 15 is 0 Å². The Labute approximate surface area is 175 Å². The van der Waals surface area contributed by atoms with Crippen LogP contribution in [0.3, 0.4) is 0 Å². The summed E-state index contributed by atoms with van der Waals surface area (Å²) in [6, 6.07) is 6.14. The number of carbonyl (C=O) groups is 1. The fraction of sp³-hybridized carbons (Fsp3) is 0.400. The van der Waals surface area contributed by atoms with E-state index in [2.05, 4.69) is 18.8 Å². The predicted molar refractivity (Wildman–Crippen MR) is 110 cm³/mol. The van der Waals surface area contributed by atoms with Crippen LogP contribution >= 0.6 is 23.2 Å². The van der Waals surface area contributed by atoms with Gasteiger partial charge in [0.25, 0.3) is 5.91 Å². The lowest BCUT2D eigenvalue weighted by molar-refractivity contribution is 0.0622. The molecule has 28 heavy (non-hydrogen) atoms. The molecule has 1 fully saturated rings. The van der Waals surface area contributed by atoms with Gasteiger partial charge in [0, 0.05) is 25.5 Å². The number of likely N-dealkylation sites (tertiary alicyclic amines) is 1. The van der Waals surface area contributed by atoms with Crippen molar-refractivity contribution in [1.29, 1.82) is 0 Å². The van der Waals surface area contributed by atoms with Crippen molar-refractivity contribution in [2.45, 2.75) is 30.9 Å². The van der Waals surface area contributed by atoms with Crippen molar-refractivity contribution >= 4 is 38.9 Å². The molecular weight excluding hydrogens is 419 g/mol. The van der Waals surface area contributed by atoms with Gasteiger partial charge in [0.2, 0.25) is 0 Å². The van der Waals surface area contributed by atoms with E-state index < -0.39 is 9.84 Å². The highest BCUT2D eigenvalue weighted by Gasteiger charge is 2.27. The van der Waals surface area contributed by atoms with Gasteiger partial charge in [-0.2, -0.15) is 0 Å². The van der Waals surface area contributed by atoms with Crippen molar-refractivity contribution in [1.82, 2.24) is 9.88 Å². The van der Waals surface area contributed by atoms with E-state index in [4.69, 9.17) is 23.2 Å². The van der Waals surface area contributed by atoms with E-state index in [1.54, 1.807) is 12.1 Å². The molecule has 3 rings (SSSR count). The third-order valence-electron chi connectivity index (χ3n) is 4.78. The van der Waals surface area contributed by atoms with Crippen molar-refractivity contribution in [2.75, 3.05) is 13.1 Å². The number of halogens is 2. The maximum absolute atomic E-state index is 12.9. The van der Waals surface area contributed by atoms with Gasteiger partial charge in [-0.15, -0.1) is 0 Å². The monoisotopic (exact) mass is 440 g/mol. The van der Waals surface area contributed by atoms with Gasteiger partial charge < -0.3 is 4.90 Å². The molecule has 2 aromatic rings. The molecule has 8 heteroatoms. The highest BCUT2D eigenvalue weighted by atomic mass is 35.5. The van der Waals surface area contributed by atoms with Crippen LogP contribution in [0.15, 0.2) is 41.6 Å². The Kier molecular flexibility index (Phi) is 6.32. The third kappa shape index (κ3) is 4.67. The number of nitrogens with zero attached hydrogens (tertiary/aromatic N) is 2. The predicted octanol–water partition coefficient (Wildman–Crippen LogP) is 4.48. The Morgan fingerprint density at radius 3 is 2.36 bits per heavy atom. The Bertz CT molecular complexity index is 964. The van der Waals surface area contributed by atoms with Gasteiger partial charge in [-0.1, -0.05) is 43.1 Å². The maximum Gasteiger partial charge on any atom is 0.255 e. The summed E-state index contributed by atoms with van der Waals surface area (Å²) in [7, 11) is -3.79. The molecule has 0 spiro atoms. The molecule has 150 valence electrons. The molecule has 1 saturated heterocycles. The number of hydrogen-bond donors (Lipinski definition) is 0. The zero-order chi connectivity index (χ0) is 20.5. The molecule has 1 aliphatic rings. The molecule has 2 unspecified atom stereocenters. The minimum Gasteiger partial charge on any atom is -0.338 e. The smallest absolute Gasteiger partial charge is 0.255 e. The zero-order valence-electron chi connectivity index (χ0n) is 15.7. The van der Waals surface area contributed by atoms with Gasteiger partial charge in [0.1, 0.15) is 4.90 Å². The van der Waals surface area contributed by atoms with E-state index in [9.17, 15) is 13.2 Å². The minimum atomic E-state index is -3.79. The van der Waals surface area contributed by atoms with Crippen LogP contribution in [-0.2, 0) is 15.6 Å². The van der Waals surface area contributed by atoms with E-state index in [0.29, 0.717) is 36.1 Å². The minimum absolute atomic E-state index is 0.0731. The van der Waals surface area contributed by atoms with Gasteiger partial charge in [0.15, 0.2) is 9.84 Å². The summed E-state index contributed by atoms with van der Waals surface area (Å²) in [6.45, 7) is 5.65. The van der Waals surface area contributed by atoms with Crippen LogP contribution in [0.1, 0.15) is 36.2 Å². The molecule has 0 bridgehead atoms. The lowest BCUT2D eigenvalue weighted by Gasteiger charge is -2.35. The van der Waals surface area contributed by atoms with Crippen LogP contribution < -0.4 is 0 Å². The summed E-state index contributed by atoms with van der Waals surface area (Å²) in [4.78, 5) is 18.7. The summed E-state index contributed by atoms with van der Waals surface area (Å²) in [5.74, 6) is 0.413. The van der Waals surface area contributed by atoms with Crippen LogP contribution in [0.4, 0.5) is 0 Å². The summed E-state index contributed by atoms with van der Waals surface area (Å²) >= 11 is 12.1. The van der Waals surface area contributed by atoms with Gasteiger partial charge in [0.05, 0.1) is 21.4 Å². The van der Waals surface area contributed by atoms with Crippen molar-refractivity contribution in [2.24, 2.45) is 11.8 Å². The number of rotatable bonds is 4. The van der Waals surface area contributed by atoms with Crippen molar-refractivity contribution in [3.8, 4) is 0 Å². The van der Waals surface area contributed by atoms with E-state index in [-0.39, 0.29) is 26.6 Å². The number of aromatic nitrogens is 1. The van der Waals surface area contributed by atoms with Crippen molar-refractivity contribution in [3.05, 3.63) is 57.8 Å². The average Bonchev–Trinajstić information content (AvgIpc) is 2.59. The number of hydrogen-bond acceptors (Lipinski definition) is 4. The Morgan fingerprint density at radius 1 is 1.14 bits per heavy atom. The number of sulfone groups is 1. The molecule has 2 atom stereocenters. The molecule has 1 aromatic carbocycles. The van der Waals surface area contributed by atoms with Gasteiger partial charge in [-0.05, 0) is 42.0 Å². The molecule has 0 aliphatic carbocycles. The normalized spacial score (nSPS) is 20.2. The third-order valence-corrected chi connectivity index (χ3v) is 7.41. The number of carbonyl (C=O) groups excluding carboxylic acids is 1. The number of piperidine rings is 1. The van der Waals surface area contributed by atoms with Crippen LogP contribution in [0.25, 0.3) is 0 Å². The topological polar surface area (TPSA) is 67.3 Å². The lowest BCUT2D eigenvalue weighted by Crippen LogP contribution is -2.42.